The molecule has 0 heterocycles. The fourth-order valence-corrected chi connectivity index (χ4v) is 2.05. The molecule has 2 aliphatic carbocycles. The Labute approximate surface area is 71.0 Å². The zero-order chi connectivity index (χ0) is 8.55. The normalized spacial score (nSPS) is 26.6. The summed E-state index contributed by atoms with van der Waals surface area (Å²) in [7, 11) is 0. The molecule has 1 fully saturated rings. The molecular formula is C9H12O3. The zero-order valence-corrected chi connectivity index (χ0v) is 6.88. The number of hydrogen-bond acceptors (Lipinski definition) is 3. The second-order valence-electron chi connectivity index (χ2n) is 3.47. The van der Waals surface area contributed by atoms with Crippen molar-refractivity contribution in [2.75, 3.05) is 6.61 Å². The second-order valence-corrected chi connectivity index (χ2v) is 3.47. The summed E-state index contributed by atoms with van der Waals surface area (Å²) in [6.45, 7) is -0.512. The summed E-state index contributed by atoms with van der Waals surface area (Å²) >= 11 is 0. The van der Waals surface area contributed by atoms with Gasteiger partial charge in [-0.05, 0) is 30.8 Å². The lowest BCUT2D eigenvalue weighted by atomic mass is 10.1. The molecule has 1 saturated carbocycles. The lowest BCUT2D eigenvalue weighted by molar-refractivity contribution is -0.143. The van der Waals surface area contributed by atoms with E-state index in [1.807, 2.05) is 0 Å². The summed E-state index contributed by atoms with van der Waals surface area (Å²) in [5.41, 5.74) is 1.29. The largest absolute Gasteiger partial charge is 0.429 e. The van der Waals surface area contributed by atoms with Crippen LogP contribution in [-0.2, 0) is 9.53 Å². The minimum absolute atomic E-state index is 0.512. The van der Waals surface area contributed by atoms with Crippen molar-refractivity contribution in [2.24, 2.45) is 5.92 Å². The Balaban J connectivity index is 2.01. The van der Waals surface area contributed by atoms with Crippen molar-refractivity contribution in [3.63, 3.8) is 0 Å². The number of aliphatic hydroxyl groups is 1. The topological polar surface area (TPSA) is 46.5 Å². The molecule has 2 rings (SSSR count). The maximum atomic E-state index is 10.7. The van der Waals surface area contributed by atoms with E-state index in [-0.39, 0.29) is 0 Å². The highest BCUT2D eigenvalue weighted by atomic mass is 16.5. The van der Waals surface area contributed by atoms with Gasteiger partial charge in [-0.15, -0.1) is 0 Å². The van der Waals surface area contributed by atoms with Gasteiger partial charge in [0.05, 0.1) is 0 Å². The number of esters is 1. The van der Waals surface area contributed by atoms with E-state index < -0.39 is 12.6 Å². The molecule has 1 atom stereocenters. The molecule has 3 heteroatoms. The van der Waals surface area contributed by atoms with E-state index in [9.17, 15) is 4.79 Å². The molecule has 0 aromatic carbocycles. The standard InChI is InChI=1S/C9H12O3/c10-5-9(11)12-8-4-6-1-2-7(8)3-6/h6,10H,1-5H2. The number of carbonyl (C=O) groups is 1. The van der Waals surface area contributed by atoms with Gasteiger partial charge in [0, 0.05) is 6.42 Å². The van der Waals surface area contributed by atoms with Crippen molar-refractivity contribution in [2.45, 2.75) is 25.7 Å². The highest BCUT2D eigenvalue weighted by Crippen LogP contribution is 2.44. The van der Waals surface area contributed by atoms with E-state index in [1.54, 1.807) is 0 Å². The van der Waals surface area contributed by atoms with Crippen LogP contribution in [0.15, 0.2) is 11.3 Å². The first-order valence-corrected chi connectivity index (χ1v) is 4.32. The fourth-order valence-electron chi connectivity index (χ4n) is 2.05. The van der Waals surface area contributed by atoms with Crippen LogP contribution in [0.4, 0.5) is 0 Å². The molecule has 0 aliphatic heterocycles. The summed E-state index contributed by atoms with van der Waals surface area (Å²) in [5, 5.41) is 8.47. The Bertz CT molecular complexity index is 242. The van der Waals surface area contributed by atoms with Crippen LogP contribution in [0, 0.1) is 5.92 Å². The Morgan fingerprint density at radius 2 is 2.42 bits per heavy atom. The van der Waals surface area contributed by atoms with Gasteiger partial charge >= 0.3 is 5.97 Å². The van der Waals surface area contributed by atoms with Crippen molar-refractivity contribution in [3.05, 3.63) is 11.3 Å². The van der Waals surface area contributed by atoms with Crippen LogP contribution < -0.4 is 0 Å². The lowest BCUT2D eigenvalue weighted by Crippen LogP contribution is -2.10. The number of rotatable bonds is 2. The first-order chi connectivity index (χ1) is 5.79. The molecule has 66 valence electrons. The van der Waals surface area contributed by atoms with Crippen LogP contribution in [-0.4, -0.2) is 17.7 Å². The predicted octanol–water partition coefficient (Wildman–Crippen LogP) is 0.980. The van der Waals surface area contributed by atoms with Crippen LogP contribution in [0.5, 0.6) is 0 Å². The number of hydrogen-bond donors (Lipinski definition) is 1. The Morgan fingerprint density at radius 1 is 1.58 bits per heavy atom. The van der Waals surface area contributed by atoms with Gasteiger partial charge in [-0.25, -0.2) is 4.79 Å². The molecule has 0 saturated heterocycles. The molecule has 0 amide bonds. The van der Waals surface area contributed by atoms with Gasteiger partial charge < -0.3 is 9.84 Å². The van der Waals surface area contributed by atoms with Crippen molar-refractivity contribution in [1.82, 2.24) is 0 Å². The van der Waals surface area contributed by atoms with Crippen molar-refractivity contribution in [1.29, 1.82) is 0 Å². The van der Waals surface area contributed by atoms with Crippen molar-refractivity contribution in [3.8, 4) is 0 Å². The number of carbonyl (C=O) groups excluding carboxylic acids is 1. The van der Waals surface area contributed by atoms with E-state index in [4.69, 9.17) is 9.84 Å². The first-order valence-electron chi connectivity index (χ1n) is 4.32. The molecule has 0 spiro atoms. The van der Waals surface area contributed by atoms with E-state index in [0.29, 0.717) is 5.92 Å². The SMILES string of the molecule is O=C(CO)OC1=C2CCC(C2)C1. The minimum atomic E-state index is -0.523. The average Bonchev–Trinajstić information content (AvgIpc) is 2.64. The van der Waals surface area contributed by atoms with Gasteiger partial charge in [0.1, 0.15) is 12.4 Å². The maximum absolute atomic E-state index is 10.7. The first kappa shape index (κ1) is 7.80. The van der Waals surface area contributed by atoms with Crippen LogP contribution in [0.3, 0.4) is 0 Å². The van der Waals surface area contributed by atoms with Crippen LogP contribution in [0.25, 0.3) is 0 Å². The molecule has 0 aromatic rings. The van der Waals surface area contributed by atoms with Gasteiger partial charge in [0.25, 0.3) is 0 Å². The quantitative estimate of drug-likeness (QED) is 0.625. The summed E-state index contributed by atoms with van der Waals surface area (Å²) in [5.74, 6) is 1.02. The van der Waals surface area contributed by atoms with Crippen molar-refractivity contribution < 1.29 is 14.6 Å². The number of fused-ring (bicyclic) bond motifs is 2. The molecule has 3 nitrogen and oxygen atoms in total. The third-order valence-corrected chi connectivity index (χ3v) is 2.62. The molecule has 2 bridgehead atoms. The lowest BCUT2D eigenvalue weighted by Gasteiger charge is -2.10. The molecule has 12 heavy (non-hydrogen) atoms. The van der Waals surface area contributed by atoms with E-state index in [1.165, 1.54) is 12.0 Å². The highest BCUT2D eigenvalue weighted by Gasteiger charge is 2.32. The van der Waals surface area contributed by atoms with Crippen LogP contribution >= 0.6 is 0 Å². The molecule has 0 radical (unpaired) electrons. The smallest absolute Gasteiger partial charge is 0.336 e. The van der Waals surface area contributed by atoms with E-state index in [2.05, 4.69) is 0 Å². The Kier molecular flexibility index (Phi) is 1.89. The molecule has 1 unspecified atom stereocenters. The molecule has 0 aromatic heterocycles. The van der Waals surface area contributed by atoms with Gasteiger partial charge in [-0.2, -0.15) is 0 Å². The predicted molar refractivity (Wildman–Crippen MR) is 42.2 cm³/mol. The van der Waals surface area contributed by atoms with E-state index in [0.717, 1.165) is 25.0 Å². The molecule has 2 aliphatic rings. The van der Waals surface area contributed by atoms with Gasteiger partial charge in [-0.3, -0.25) is 0 Å². The van der Waals surface area contributed by atoms with Gasteiger partial charge in [0.15, 0.2) is 0 Å². The second kappa shape index (κ2) is 2.90. The molecular weight excluding hydrogens is 156 g/mol. The average molecular weight is 168 g/mol. The molecule has 1 N–H and O–H groups in total. The number of ether oxygens (including phenoxy) is 1. The monoisotopic (exact) mass is 168 g/mol. The Morgan fingerprint density at radius 3 is 2.92 bits per heavy atom. The number of allylic oxidation sites excluding steroid dienone is 2. The zero-order valence-electron chi connectivity index (χ0n) is 6.88. The van der Waals surface area contributed by atoms with Gasteiger partial charge in [-0.1, -0.05) is 0 Å². The van der Waals surface area contributed by atoms with Crippen molar-refractivity contribution >= 4 is 5.97 Å². The third-order valence-electron chi connectivity index (χ3n) is 2.62. The summed E-state index contributed by atoms with van der Waals surface area (Å²) in [6, 6.07) is 0. The van der Waals surface area contributed by atoms with Crippen LogP contribution in [0.2, 0.25) is 0 Å². The van der Waals surface area contributed by atoms with Crippen LogP contribution in [0.1, 0.15) is 25.7 Å². The maximum Gasteiger partial charge on any atom is 0.336 e. The highest BCUT2D eigenvalue weighted by molar-refractivity contribution is 5.71. The van der Waals surface area contributed by atoms with Gasteiger partial charge in [0.2, 0.25) is 0 Å². The summed E-state index contributed by atoms with van der Waals surface area (Å²) < 4.78 is 4.99. The number of aliphatic hydroxyl groups excluding tert-OH is 1. The fraction of sp³-hybridized carbons (Fsp3) is 0.667. The van der Waals surface area contributed by atoms with E-state index >= 15 is 0 Å². The Hall–Kier alpha value is -0.830. The minimum Gasteiger partial charge on any atom is -0.429 e. The summed E-state index contributed by atoms with van der Waals surface area (Å²) in [6.07, 6.45) is 4.34. The summed E-state index contributed by atoms with van der Waals surface area (Å²) in [4.78, 5) is 10.7. The third kappa shape index (κ3) is 1.25.